The number of aromatic nitrogens is 1. The predicted molar refractivity (Wildman–Crippen MR) is 89.3 cm³/mol. The number of nitrogens with zero attached hydrogens (tertiary/aromatic N) is 2. The molecule has 0 amide bonds. The van der Waals surface area contributed by atoms with E-state index in [2.05, 4.69) is 49.0 Å². The zero-order valence-electron chi connectivity index (χ0n) is 12.9. The Bertz CT molecular complexity index is 593. The number of rotatable bonds is 7. The van der Waals surface area contributed by atoms with Gasteiger partial charge in [0.15, 0.2) is 0 Å². The van der Waals surface area contributed by atoms with E-state index in [0.29, 0.717) is 12.8 Å². The highest BCUT2D eigenvalue weighted by Crippen LogP contribution is 2.23. The third-order valence-electron chi connectivity index (χ3n) is 3.43. The third-order valence-corrected chi connectivity index (χ3v) is 4.21. The minimum atomic E-state index is 0.222. The van der Waals surface area contributed by atoms with Crippen molar-refractivity contribution in [2.24, 2.45) is 0 Å². The molecule has 0 aliphatic rings. The lowest BCUT2D eigenvalue weighted by molar-refractivity contribution is -0.117. The second-order valence-electron chi connectivity index (χ2n) is 5.37. The van der Waals surface area contributed by atoms with Crippen LogP contribution in [0.1, 0.15) is 29.5 Å². The molecule has 1 aromatic heterocycles. The molecule has 0 fully saturated rings. The Morgan fingerprint density at radius 3 is 2.81 bits per heavy atom. The Morgan fingerprint density at radius 1 is 1.33 bits per heavy atom. The Balaban J connectivity index is 2.13. The first-order chi connectivity index (χ1) is 10.1. The average molecular weight is 302 g/mol. The molecule has 0 aliphatic carbocycles. The highest BCUT2D eigenvalue weighted by molar-refractivity contribution is 7.09. The molecular weight excluding hydrogens is 280 g/mol. The summed E-state index contributed by atoms with van der Waals surface area (Å²) in [6.45, 7) is 5.25. The molecule has 0 N–H and O–H groups in total. The molecule has 0 saturated heterocycles. The second-order valence-corrected chi connectivity index (χ2v) is 6.35. The van der Waals surface area contributed by atoms with Gasteiger partial charge in [0.2, 0.25) is 0 Å². The molecule has 0 aliphatic heterocycles. The number of hydrogen-bond donors (Lipinski definition) is 0. The van der Waals surface area contributed by atoms with E-state index in [9.17, 15) is 4.79 Å². The van der Waals surface area contributed by atoms with Crippen LogP contribution in [0.5, 0.6) is 0 Å². The maximum Gasteiger partial charge on any atom is 0.144 e. The Kier molecular flexibility index (Phi) is 5.51. The third kappa shape index (κ3) is 4.39. The average Bonchev–Trinajstić information content (AvgIpc) is 2.93. The first kappa shape index (κ1) is 15.7. The van der Waals surface area contributed by atoms with Crippen molar-refractivity contribution in [2.45, 2.75) is 33.1 Å². The molecule has 2 rings (SSSR count). The lowest BCUT2D eigenvalue weighted by atomic mass is 10.0. The van der Waals surface area contributed by atoms with Crippen LogP contribution in [0.15, 0.2) is 29.8 Å². The smallest absolute Gasteiger partial charge is 0.144 e. The van der Waals surface area contributed by atoms with E-state index in [1.54, 1.807) is 17.5 Å². The van der Waals surface area contributed by atoms with Gasteiger partial charge in [0, 0.05) is 37.3 Å². The fourth-order valence-corrected chi connectivity index (χ4v) is 3.06. The Hall–Kier alpha value is -1.68. The van der Waals surface area contributed by atoms with Crippen molar-refractivity contribution in [1.29, 1.82) is 0 Å². The van der Waals surface area contributed by atoms with E-state index in [1.807, 2.05) is 5.38 Å². The SMILES string of the molecule is CCCN(C)c1cc(C)ccc1CC(=O)Cc1nccs1. The minimum Gasteiger partial charge on any atom is -0.374 e. The van der Waals surface area contributed by atoms with Crippen molar-refractivity contribution in [3.63, 3.8) is 0 Å². The standard InChI is InChI=1S/C17H22N2OS/c1-4-8-19(3)16-10-13(2)5-6-14(16)11-15(20)12-17-18-7-9-21-17/h5-7,9-10H,4,8,11-12H2,1-3H3. The topological polar surface area (TPSA) is 33.2 Å². The summed E-state index contributed by atoms with van der Waals surface area (Å²) in [6, 6.07) is 6.33. The molecule has 0 saturated carbocycles. The summed E-state index contributed by atoms with van der Waals surface area (Å²) in [4.78, 5) is 18.7. The number of anilines is 1. The largest absolute Gasteiger partial charge is 0.374 e. The van der Waals surface area contributed by atoms with Gasteiger partial charge in [0.1, 0.15) is 5.78 Å². The number of hydrogen-bond acceptors (Lipinski definition) is 4. The van der Waals surface area contributed by atoms with Crippen molar-refractivity contribution in [1.82, 2.24) is 4.98 Å². The van der Waals surface area contributed by atoms with Crippen LogP contribution < -0.4 is 4.90 Å². The zero-order chi connectivity index (χ0) is 15.2. The monoisotopic (exact) mass is 302 g/mol. The molecular formula is C17H22N2OS. The molecule has 21 heavy (non-hydrogen) atoms. The summed E-state index contributed by atoms with van der Waals surface area (Å²) in [6.07, 6.45) is 3.75. The molecule has 0 radical (unpaired) electrons. The van der Waals surface area contributed by atoms with Crippen LogP contribution in [0.2, 0.25) is 0 Å². The second kappa shape index (κ2) is 7.36. The molecule has 3 nitrogen and oxygen atoms in total. The normalized spacial score (nSPS) is 10.6. The number of ketones is 1. The molecule has 112 valence electrons. The quantitative estimate of drug-likeness (QED) is 0.782. The van der Waals surface area contributed by atoms with Crippen LogP contribution in [0.3, 0.4) is 0 Å². The lowest BCUT2D eigenvalue weighted by Crippen LogP contribution is -2.20. The lowest BCUT2D eigenvalue weighted by Gasteiger charge is -2.22. The van der Waals surface area contributed by atoms with E-state index in [0.717, 1.165) is 23.5 Å². The van der Waals surface area contributed by atoms with Crippen LogP contribution in [0.4, 0.5) is 5.69 Å². The van der Waals surface area contributed by atoms with Gasteiger partial charge in [-0.2, -0.15) is 0 Å². The molecule has 4 heteroatoms. The molecule has 0 bridgehead atoms. The zero-order valence-corrected chi connectivity index (χ0v) is 13.7. The van der Waals surface area contributed by atoms with Crippen molar-refractivity contribution in [2.75, 3.05) is 18.5 Å². The Labute approximate surface area is 130 Å². The maximum absolute atomic E-state index is 12.2. The number of benzene rings is 1. The van der Waals surface area contributed by atoms with Gasteiger partial charge in [0.25, 0.3) is 0 Å². The summed E-state index contributed by atoms with van der Waals surface area (Å²) < 4.78 is 0. The molecule has 1 heterocycles. The van der Waals surface area contributed by atoms with Gasteiger partial charge in [-0.3, -0.25) is 4.79 Å². The summed E-state index contributed by atoms with van der Waals surface area (Å²) in [7, 11) is 2.09. The van der Waals surface area contributed by atoms with Gasteiger partial charge >= 0.3 is 0 Å². The van der Waals surface area contributed by atoms with Gasteiger partial charge < -0.3 is 4.90 Å². The number of aryl methyl sites for hydroxylation is 1. The maximum atomic E-state index is 12.2. The van der Waals surface area contributed by atoms with Crippen LogP contribution in [-0.2, 0) is 17.6 Å². The summed E-state index contributed by atoms with van der Waals surface area (Å²) >= 11 is 1.54. The van der Waals surface area contributed by atoms with E-state index in [4.69, 9.17) is 0 Å². The molecule has 2 aromatic rings. The summed E-state index contributed by atoms with van der Waals surface area (Å²) in [5.41, 5.74) is 3.51. The summed E-state index contributed by atoms with van der Waals surface area (Å²) in [5.74, 6) is 0.222. The highest BCUT2D eigenvalue weighted by Gasteiger charge is 2.12. The van der Waals surface area contributed by atoms with Crippen molar-refractivity contribution in [3.8, 4) is 0 Å². The van der Waals surface area contributed by atoms with Gasteiger partial charge in [-0.05, 0) is 30.5 Å². The minimum absolute atomic E-state index is 0.222. The van der Waals surface area contributed by atoms with Gasteiger partial charge in [-0.25, -0.2) is 4.98 Å². The molecule has 0 atom stereocenters. The predicted octanol–water partition coefficient (Wildman–Crippen LogP) is 3.65. The van der Waals surface area contributed by atoms with E-state index >= 15 is 0 Å². The number of Topliss-reactive ketones (excluding diaryl/α,β-unsaturated/α-hetero) is 1. The van der Waals surface area contributed by atoms with E-state index < -0.39 is 0 Å². The van der Waals surface area contributed by atoms with Crippen LogP contribution in [0.25, 0.3) is 0 Å². The fraction of sp³-hybridized carbons (Fsp3) is 0.412. The number of carbonyl (C=O) groups is 1. The first-order valence-electron chi connectivity index (χ1n) is 7.31. The molecule has 0 spiro atoms. The van der Waals surface area contributed by atoms with E-state index in [-0.39, 0.29) is 5.78 Å². The van der Waals surface area contributed by atoms with Gasteiger partial charge in [0.05, 0.1) is 11.4 Å². The van der Waals surface area contributed by atoms with Crippen LogP contribution >= 0.6 is 11.3 Å². The molecule has 1 aromatic carbocycles. The van der Waals surface area contributed by atoms with Crippen molar-refractivity contribution >= 4 is 22.8 Å². The van der Waals surface area contributed by atoms with E-state index in [1.165, 1.54) is 11.3 Å². The first-order valence-corrected chi connectivity index (χ1v) is 8.19. The van der Waals surface area contributed by atoms with Gasteiger partial charge in [-0.15, -0.1) is 11.3 Å². The number of carbonyl (C=O) groups excluding carboxylic acids is 1. The highest BCUT2D eigenvalue weighted by atomic mass is 32.1. The fourth-order valence-electron chi connectivity index (χ4n) is 2.42. The van der Waals surface area contributed by atoms with Crippen molar-refractivity contribution in [3.05, 3.63) is 45.9 Å². The van der Waals surface area contributed by atoms with Gasteiger partial charge in [-0.1, -0.05) is 19.1 Å². The number of thiazole rings is 1. The van der Waals surface area contributed by atoms with Crippen LogP contribution in [-0.4, -0.2) is 24.4 Å². The Morgan fingerprint density at radius 2 is 2.14 bits per heavy atom. The van der Waals surface area contributed by atoms with Crippen molar-refractivity contribution < 1.29 is 4.79 Å². The molecule has 0 unspecified atom stereocenters. The van der Waals surface area contributed by atoms with Crippen LogP contribution in [0, 0.1) is 6.92 Å². The summed E-state index contributed by atoms with van der Waals surface area (Å²) in [5, 5.41) is 2.81.